The van der Waals surface area contributed by atoms with E-state index in [-0.39, 0.29) is 0 Å². The molecule has 0 unspecified atom stereocenters. The van der Waals surface area contributed by atoms with Gasteiger partial charge in [0.15, 0.2) is 0 Å². The van der Waals surface area contributed by atoms with Gasteiger partial charge < -0.3 is 5.32 Å². The molecule has 0 bridgehead atoms. The number of thiazole rings is 1. The predicted molar refractivity (Wildman–Crippen MR) is 70.4 cm³/mol. The summed E-state index contributed by atoms with van der Waals surface area (Å²) < 4.78 is 1.88. The maximum Gasteiger partial charge on any atom is 0.0964 e. The molecule has 5 nitrogen and oxygen atoms in total. The van der Waals surface area contributed by atoms with Crippen LogP contribution in [0.3, 0.4) is 0 Å². The molecule has 1 N–H and O–H groups in total. The van der Waals surface area contributed by atoms with Crippen LogP contribution in [0, 0.1) is 12.8 Å². The molecule has 18 heavy (non-hydrogen) atoms. The number of rotatable bonds is 6. The maximum atomic E-state index is 4.24. The van der Waals surface area contributed by atoms with Crippen molar-refractivity contribution in [3.05, 3.63) is 28.0 Å². The third-order valence-corrected chi connectivity index (χ3v) is 3.91. The minimum absolute atomic E-state index is 0.765. The number of aromatic nitrogens is 4. The molecule has 2 aromatic rings. The summed E-state index contributed by atoms with van der Waals surface area (Å²) in [5.41, 5.74) is 1.01. The van der Waals surface area contributed by atoms with Crippen LogP contribution in [0.4, 0.5) is 0 Å². The Morgan fingerprint density at radius 1 is 1.50 bits per heavy atom. The SMILES string of the molecule is Cc1ncc(Cn2cc(CNCC3CC3)nn2)s1. The van der Waals surface area contributed by atoms with Gasteiger partial charge in [-0.3, -0.25) is 0 Å². The summed E-state index contributed by atoms with van der Waals surface area (Å²) >= 11 is 1.71. The second-order valence-corrected chi connectivity index (χ2v) is 6.15. The van der Waals surface area contributed by atoms with Crippen LogP contribution in [0.1, 0.15) is 28.4 Å². The lowest BCUT2D eigenvalue weighted by Gasteiger charge is -1.98. The van der Waals surface area contributed by atoms with E-state index in [9.17, 15) is 0 Å². The molecule has 0 saturated heterocycles. The summed E-state index contributed by atoms with van der Waals surface area (Å²) in [4.78, 5) is 5.46. The van der Waals surface area contributed by atoms with Gasteiger partial charge in [-0.1, -0.05) is 5.21 Å². The van der Waals surface area contributed by atoms with Gasteiger partial charge in [-0.05, 0) is 32.2 Å². The fourth-order valence-electron chi connectivity index (χ4n) is 1.86. The molecule has 96 valence electrons. The molecule has 0 atom stereocenters. The summed E-state index contributed by atoms with van der Waals surface area (Å²) in [6.07, 6.45) is 6.68. The van der Waals surface area contributed by atoms with E-state index in [1.165, 1.54) is 17.7 Å². The molecule has 0 spiro atoms. The van der Waals surface area contributed by atoms with Crippen molar-refractivity contribution < 1.29 is 0 Å². The number of nitrogens with one attached hydrogen (secondary N) is 1. The van der Waals surface area contributed by atoms with E-state index in [0.717, 1.165) is 36.3 Å². The Morgan fingerprint density at radius 2 is 2.39 bits per heavy atom. The number of hydrogen-bond acceptors (Lipinski definition) is 5. The number of hydrogen-bond donors (Lipinski definition) is 1. The number of nitrogens with zero attached hydrogens (tertiary/aromatic N) is 4. The van der Waals surface area contributed by atoms with Gasteiger partial charge in [0, 0.05) is 17.6 Å². The monoisotopic (exact) mass is 263 g/mol. The summed E-state index contributed by atoms with van der Waals surface area (Å²) in [5.74, 6) is 0.903. The Bertz CT molecular complexity index is 514. The van der Waals surface area contributed by atoms with Gasteiger partial charge in [0.2, 0.25) is 0 Å². The lowest BCUT2D eigenvalue weighted by molar-refractivity contribution is 0.627. The first-order valence-corrected chi connectivity index (χ1v) is 7.12. The Hall–Kier alpha value is -1.27. The molecule has 1 aliphatic carbocycles. The summed E-state index contributed by atoms with van der Waals surface area (Å²) in [5, 5.41) is 12.8. The highest BCUT2D eigenvalue weighted by atomic mass is 32.1. The van der Waals surface area contributed by atoms with Crippen molar-refractivity contribution >= 4 is 11.3 Å². The fourth-order valence-corrected chi connectivity index (χ4v) is 2.65. The zero-order valence-corrected chi connectivity index (χ0v) is 11.3. The Balaban J connectivity index is 1.52. The Morgan fingerprint density at radius 3 is 3.11 bits per heavy atom. The standard InChI is InChI=1S/C12H17N5S/c1-9-14-6-12(18-9)8-17-7-11(15-16-17)5-13-4-10-2-3-10/h6-7,10,13H,2-5,8H2,1H3. The molecule has 6 heteroatoms. The minimum atomic E-state index is 0.765. The molecule has 0 amide bonds. The molecule has 2 aromatic heterocycles. The Kier molecular flexibility index (Phi) is 3.38. The minimum Gasteiger partial charge on any atom is -0.311 e. The topological polar surface area (TPSA) is 55.6 Å². The predicted octanol–water partition coefficient (Wildman–Crippen LogP) is 1.59. The van der Waals surface area contributed by atoms with E-state index in [1.807, 2.05) is 24.0 Å². The van der Waals surface area contributed by atoms with E-state index >= 15 is 0 Å². The van der Waals surface area contributed by atoms with Crippen molar-refractivity contribution in [1.29, 1.82) is 0 Å². The number of aryl methyl sites for hydroxylation is 1. The van der Waals surface area contributed by atoms with Gasteiger partial charge in [-0.2, -0.15) is 0 Å². The van der Waals surface area contributed by atoms with E-state index in [2.05, 4.69) is 20.6 Å². The van der Waals surface area contributed by atoms with Crippen LogP contribution in [0.2, 0.25) is 0 Å². The van der Waals surface area contributed by atoms with E-state index in [0.29, 0.717) is 0 Å². The lowest BCUT2D eigenvalue weighted by Crippen LogP contribution is -2.16. The molecular formula is C12H17N5S. The average molecular weight is 263 g/mol. The molecular weight excluding hydrogens is 246 g/mol. The lowest BCUT2D eigenvalue weighted by atomic mass is 10.4. The van der Waals surface area contributed by atoms with Gasteiger partial charge >= 0.3 is 0 Å². The molecule has 2 heterocycles. The zero-order valence-electron chi connectivity index (χ0n) is 10.5. The van der Waals surface area contributed by atoms with E-state index in [1.54, 1.807) is 11.3 Å². The van der Waals surface area contributed by atoms with Gasteiger partial charge in [-0.25, -0.2) is 9.67 Å². The van der Waals surface area contributed by atoms with Crippen LogP contribution in [0.25, 0.3) is 0 Å². The summed E-state index contributed by atoms with van der Waals surface area (Å²) in [6, 6.07) is 0. The van der Waals surface area contributed by atoms with Crippen molar-refractivity contribution in [2.24, 2.45) is 5.92 Å². The van der Waals surface area contributed by atoms with Crippen molar-refractivity contribution in [3.63, 3.8) is 0 Å². The largest absolute Gasteiger partial charge is 0.311 e. The molecule has 1 aliphatic rings. The third kappa shape index (κ3) is 3.14. The first kappa shape index (κ1) is 11.8. The molecule has 1 fully saturated rings. The van der Waals surface area contributed by atoms with E-state index < -0.39 is 0 Å². The highest BCUT2D eigenvalue weighted by molar-refractivity contribution is 7.11. The van der Waals surface area contributed by atoms with Crippen molar-refractivity contribution in [1.82, 2.24) is 25.3 Å². The van der Waals surface area contributed by atoms with Gasteiger partial charge in [-0.15, -0.1) is 16.4 Å². The molecule has 0 aromatic carbocycles. The summed E-state index contributed by atoms with van der Waals surface area (Å²) in [7, 11) is 0. The van der Waals surface area contributed by atoms with Crippen molar-refractivity contribution in [2.75, 3.05) is 6.54 Å². The average Bonchev–Trinajstić information content (AvgIpc) is 2.92. The van der Waals surface area contributed by atoms with E-state index in [4.69, 9.17) is 0 Å². The second-order valence-electron chi connectivity index (χ2n) is 4.83. The zero-order chi connectivity index (χ0) is 12.4. The normalized spacial score (nSPS) is 15.2. The first-order chi connectivity index (χ1) is 8.79. The first-order valence-electron chi connectivity index (χ1n) is 6.30. The van der Waals surface area contributed by atoms with Crippen LogP contribution in [0.15, 0.2) is 12.4 Å². The van der Waals surface area contributed by atoms with Gasteiger partial charge in [0.1, 0.15) is 0 Å². The molecule has 3 rings (SSSR count). The van der Waals surface area contributed by atoms with Crippen LogP contribution >= 0.6 is 11.3 Å². The van der Waals surface area contributed by atoms with Gasteiger partial charge in [0.25, 0.3) is 0 Å². The smallest absolute Gasteiger partial charge is 0.0964 e. The Labute approximate surface area is 110 Å². The van der Waals surface area contributed by atoms with Crippen LogP contribution < -0.4 is 5.32 Å². The van der Waals surface area contributed by atoms with Crippen LogP contribution in [0.5, 0.6) is 0 Å². The maximum absolute atomic E-state index is 4.24. The molecule has 1 saturated carbocycles. The quantitative estimate of drug-likeness (QED) is 0.860. The molecule has 0 aliphatic heterocycles. The van der Waals surface area contributed by atoms with Crippen molar-refractivity contribution in [3.8, 4) is 0 Å². The molecule has 0 radical (unpaired) electrons. The van der Waals surface area contributed by atoms with Crippen LogP contribution in [-0.4, -0.2) is 26.5 Å². The van der Waals surface area contributed by atoms with Gasteiger partial charge in [0.05, 0.1) is 23.4 Å². The summed E-state index contributed by atoms with van der Waals surface area (Å²) in [6.45, 7) is 4.71. The fraction of sp³-hybridized carbons (Fsp3) is 0.583. The van der Waals surface area contributed by atoms with Crippen LogP contribution in [-0.2, 0) is 13.1 Å². The highest BCUT2D eigenvalue weighted by Gasteiger charge is 2.20. The third-order valence-electron chi connectivity index (χ3n) is 3.01. The highest BCUT2D eigenvalue weighted by Crippen LogP contribution is 2.27. The second kappa shape index (κ2) is 5.16. The van der Waals surface area contributed by atoms with Crippen molar-refractivity contribution in [2.45, 2.75) is 32.9 Å².